The van der Waals surface area contributed by atoms with Gasteiger partial charge in [-0.3, -0.25) is 0 Å². The van der Waals surface area contributed by atoms with Crippen LogP contribution in [0.2, 0.25) is 0 Å². The molecule has 1 aromatic heterocycles. The summed E-state index contributed by atoms with van der Waals surface area (Å²) in [5.74, 6) is -0.254. The number of hydrogen-bond acceptors (Lipinski definition) is 2. The molecule has 1 heterocycles. The molecule has 0 atom stereocenters. The summed E-state index contributed by atoms with van der Waals surface area (Å²) in [6.07, 6.45) is 4.04. The Hall–Kier alpha value is -2.03. The Morgan fingerprint density at radius 3 is 2.50 bits per heavy atom. The summed E-state index contributed by atoms with van der Waals surface area (Å²) < 4.78 is 7.08. The molecule has 0 fully saturated rings. The van der Waals surface area contributed by atoms with Crippen molar-refractivity contribution >= 4 is 5.97 Å². The standard InChI is InChI=1S/C17H21NO2/c1-4-9-14-12-18(3)16(17(19)20-5-2)15(14)13-10-7-6-8-11-13/h6-8,10-12H,4-5,9H2,1-3H3. The van der Waals surface area contributed by atoms with Crippen LogP contribution in [0, 0.1) is 0 Å². The second kappa shape index (κ2) is 6.42. The number of ether oxygens (including phenoxy) is 1. The zero-order chi connectivity index (χ0) is 14.5. The summed E-state index contributed by atoms with van der Waals surface area (Å²) in [4.78, 5) is 12.2. The highest BCUT2D eigenvalue weighted by Gasteiger charge is 2.21. The molecule has 2 aromatic rings. The van der Waals surface area contributed by atoms with E-state index in [9.17, 15) is 4.79 Å². The van der Waals surface area contributed by atoms with E-state index in [4.69, 9.17) is 4.74 Å². The number of aryl methyl sites for hydroxylation is 2. The molecular formula is C17H21NO2. The molecule has 0 unspecified atom stereocenters. The highest BCUT2D eigenvalue weighted by Crippen LogP contribution is 2.30. The average molecular weight is 271 g/mol. The van der Waals surface area contributed by atoms with Crippen LogP contribution in [-0.2, 0) is 18.2 Å². The van der Waals surface area contributed by atoms with Gasteiger partial charge >= 0.3 is 5.97 Å². The van der Waals surface area contributed by atoms with Gasteiger partial charge in [0.2, 0.25) is 0 Å². The van der Waals surface area contributed by atoms with E-state index >= 15 is 0 Å². The smallest absolute Gasteiger partial charge is 0.355 e. The van der Waals surface area contributed by atoms with Crippen LogP contribution in [0.15, 0.2) is 36.5 Å². The van der Waals surface area contributed by atoms with Gasteiger partial charge in [-0.05, 0) is 24.5 Å². The van der Waals surface area contributed by atoms with E-state index in [2.05, 4.69) is 6.92 Å². The SMILES string of the molecule is CCCc1cn(C)c(C(=O)OCC)c1-c1ccccc1. The largest absolute Gasteiger partial charge is 0.461 e. The van der Waals surface area contributed by atoms with Crippen molar-refractivity contribution in [1.82, 2.24) is 4.57 Å². The second-order valence-corrected chi connectivity index (χ2v) is 4.83. The third-order valence-electron chi connectivity index (χ3n) is 3.31. The quantitative estimate of drug-likeness (QED) is 0.774. The highest BCUT2D eigenvalue weighted by atomic mass is 16.5. The summed E-state index contributed by atoms with van der Waals surface area (Å²) in [6.45, 7) is 4.36. The molecule has 3 heteroatoms. The molecular weight excluding hydrogens is 250 g/mol. The van der Waals surface area contributed by atoms with E-state index < -0.39 is 0 Å². The fourth-order valence-electron chi connectivity index (χ4n) is 2.52. The van der Waals surface area contributed by atoms with E-state index in [1.54, 1.807) is 0 Å². The lowest BCUT2D eigenvalue weighted by Crippen LogP contribution is -2.10. The lowest BCUT2D eigenvalue weighted by atomic mass is 9.99. The van der Waals surface area contributed by atoms with E-state index in [1.165, 1.54) is 5.56 Å². The molecule has 0 N–H and O–H groups in total. The number of benzene rings is 1. The van der Waals surface area contributed by atoms with Gasteiger partial charge in [0.1, 0.15) is 5.69 Å². The number of esters is 1. The molecule has 0 saturated carbocycles. The number of rotatable bonds is 5. The van der Waals surface area contributed by atoms with Gasteiger partial charge < -0.3 is 9.30 Å². The fraction of sp³-hybridized carbons (Fsp3) is 0.353. The van der Waals surface area contributed by atoms with Crippen molar-refractivity contribution in [3.63, 3.8) is 0 Å². The zero-order valence-corrected chi connectivity index (χ0v) is 12.3. The average Bonchev–Trinajstić information content (AvgIpc) is 2.77. The number of nitrogens with zero attached hydrogens (tertiary/aromatic N) is 1. The maximum absolute atomic E-state index is 12.2. The van der Waals surface area contributed by atoms with Gasteiger partial charge in [-0.2, -0.15) is 0 Å². The minimum atomic E-state index is -0.254. The van der Waals surface area contributed by atoms with Gasteiger partial charge in [0.15, 0.2) is 0 Å². The first kappa shape index (κ1) is 14.4. The van der Waals surface area contributed by atoms with Gasteiger partial charge in [0.25, 0.3) is 0 Å². The maximum Gasteiger partial charge on any atom is 0.355 e. The van der Waals surface area contributed by atoms with Gasteiger partial charge in [0, 0.05) is 18.8 Å². The molecule has 0 saturated heterocycles. The molecule has 0 aliphatic heterocycles. The molecule has 0 spiro atoms. The first-order chi connectivity index (χ1) is 9.69. The summed E-state index contributed by atoms with van der Waals surface area (Å²) >= 11 is 0. The van der Waals surface area contributed by atoms with Crippen molar-refractivity contribution in [2.24, 2.45) is 7.05 Å². The minimum absolute atomic E-state index is 0.254. The lowest BCUT2D eigenvalue weighted by molar-refractivity contribution is 0.0516. The van der Waals surface area contributed by atoms with Crippen LogP contribution >= 0.6 is 0 Å². The van der Waals surface area contributed by atoms with Crippen LogP contribution in [0.3, 0.4) is 0 Å². The third-order valence-corrected chi connectivity index (χ3v) is 3.31. The molecule has 0 aliphatic carbocycles. The highest BCUT2D eigenvalue weighted by molar-refractivity contribution is 5.97. The van der Waals surface area contributed by atoms with Crippen LogP contribution in [-0.4, -0.2) is 17.1 Å². The number of carbonyl (C=O) groups is 1. The molecule has 3 nitrogen and oxygen atoms in total. The number of hydrogen-bond donors (Lipinski definition) is 0. The number of aromatic nitrogens is 1. The third kappa shape index (κ3) is 2.77. The molecule has 0 bridgehead atoms. The van der Waals surface area contributed by atoms with Crippen molar-refractivity contribution in [2.45, 2.75) is 26.7 Å². The molecule has 2 rings (SSSR count). The summed E-state index contributed by atoms with van der Waals surface area (Å²) in [7, 11) is 1.90. The molecule has 20 heavy (non-hydrogen) atoms. The van der Waals surface area contributed by atoms with Crippen LogP contribution in [0.5, 0.6) is 0 Å². The second-order valence-electron chi connectivity index (χ2n) is 4.83. The van der Waals surface area contributed by atoms with Gasteiger partial charge in [-0.25, -0.2) is 4.79 Å². The van der Waals surface area contributed by atoms with E-state index in [0.29, 0.717) is 12.3 Å². The Morgan fingerprint density at radius 1 is 1.20 bits per heavy atom. The Bertz CT molecular complexity index is 585. The minimum Gasteiger partial charge on any atom is -0.461 e. The van der Waals surface area contributed by atoms with Crippen LogP contribution < -0.4 is 0 Å². The summed E-state index contributed by atoms with van der Waals surface area (Å²) in [5.41, 5.74) is 3.92. The first-order valence-electron chi connectivity index (χ1n) is 7.09. The monoisotopic (exact) mass is 271 g/mol. The van der Waals surface area contributed by atoms with Gasteiger partial charge in [-0.1, -0.05) is 43.7 Å². The van der Waals surface area contributed by atoms with Crippen molar-refractivity contribution in [1.29, 1.82) is 0 Å². The number of carbonyl (C=O) groups excluding carboxylic acids is 1. The van der Waals surface area contributed by atoms with E-state index in [0.717, 1.165) is 24.0 Å². The molecule has 0 amide bonds. The topological polar surface area (TPSA) is 31.2 Å². The van der Waals surface area contributed by atoms with Crippen molar-refractivity contribution < 1.29 is 9.53 Å². The molecule has 0 radical (unpaired) electrons. The van der Waals surface area contributed by atoms with Crippen molar-refractivity contribution in [3.05, 3.63) is 47.8 Å². The predicted molar refractivity (Wildman–Crippen MR) is 80.8 cm³/mol. The predicted octanol–water partition coefficient (Wildman–Crippen LogP) is 3.82. The lowest BCUT2D eigenvalue weighted by Gasteiger charge is -2.08. The normalized spacial score (nSPS) is 10.6. The molecule has 1 aromatic carbocycles. The van der Waals surface area contributed by atoms with Gasteiger partial charge in [0.05, 0.1) is 6.61 Å². The fourth-order valence-corrected chi connectivity index (χ4v) is 2.52. The van der Waals surface area contributed by atoms with Gasteiger partial charge in [-0.15, -0.1) is 0 Å². The maximum atomic E-state index is 12.2. The van der Waals surface area contributed by atoms with Crippen molar-refractivity contribution in [3.8, 4) is 11.1 Å². The van der Waals surface area contributed by atoms with Crippen molar-refractivity contribution in [2.75, 3.05) is 6.61 Å². The first-order valence-corrected chi connectivity index (χ1v) is 7.09. The Kier molecular flexibility index (Phi) is 4.61. The van der Waals surface area contributed by atoms with Crippen LogP contribution in [0.25, 0.3) is 11.1 Å². The summed E-state index contributed by atoms with van der Waals surface area (Å²) in [5, 5.41) is 0. The van der Waals surface area contributed by atoms with Crippen LogP contribution in [0.4, 0.5) is 0 Å². The molecule has 0 aliphatic rings. The van der Waals surface area contributed by atoms with E-state index in [1.807, 2.05) is 55.1 Å². The Labute approximate surface area is 120 Å². The Balaban J connectivity index is 2.58. The van der Waals surface area contributed by atoms with Crippen LogP contribution in [0.1, 0.15) is 36.3 Å². The summed E-state index contributed by atoms with van der Waals surface area (Å²) in [6, 6.07) is 10.0. The Morgan fingerprint density at radius 2 is 1.90 bits per heavy atom. The molecule has 106 valence electrons. The van der Waals surface area contributed by atoms with E-state index in [-0.39, 0.29) is 5.97 Å². The zero-order valence-electron chi connectivity index (χ0n) is 12.3.